The van der Waals surface area contributed by atoms with Gasteiger partial charge in [0.1, 0.15) is 0 Å². The summed E-state index contributed by atoms with van der Waals surface area (Å²) >= 11 is 0. The van der Waals surface area contributed by atoms with E-state index in [0.717, 1.165) is 12.1 Å². The molecule has 0 radical (unpaired) electrons. The monoisotopic (exact) mass is 227 g/mol. The van der Waals surface area contributed by atoms with Crippen LogP contribution in [0.5, 0.6) is 0 Å². The lowest BCUT2D eigenvalue weighted by atomic mass is 10.1. The largest absolute Gasteiger partial charge is 0.298 e. The summed E-state index contributed by atoms with van der Waals surface area (Å²) in [6, 6.07) is 1.88. The number of hydrogen-bond acceptors (Lipinski definition) is 1. The molecule has 4 heteroatoms. The predicted octanol–water partition coefficient (Wildman–Crippen LogP) is 2.61. The van der Waals surface area contributed by atoms with E-state index in [0.29, 0.717) is 5.56 Å². The number of terminal acetylenes is 1. The fraction of sp³-hybridized carbons (Fsp3) is 0.333. The molecule has 0 saturated carbocycles. The minimum atomic E-state index is -1.46. The normalized spacial score (nSPS) is 11.2. The van der Waals surface area contributed by atoms with Crippen LogP contribution in [0, 0.1) is 29.8 Å². The Morgan fingerprint density at radius 3 is 2.19 bits per heavy atom. The van der Waals surface area contributed by atoms with Gasteiger partial charge in [-0.15, -0.1) is 6.42 Å². The molecule has 0 aliphatic carbocycles. The molecule has 0 aliphatic heterocycles. The zero-order valence-electron chi connectivity index (χ0n) is 9.07. The summed E-state index contributed by atoms with van der Waals surface area (Å²) < 4.78 is 38.4. The van der Waals surface area contributed by atoms with E-state index in [9.17, 15) is 13.2 Å². The molecule has 0 heterocycles. The maximum atomic E-state index is 12.9. The van der Waals surface area contributed by atoms with Gasteiger partial charge in [0, 0.05) is 6.54 Å². The lowest BCUT2D eigenvalue weighted by Crippen LogP contribution is -2.36. The molecule has 1 aromatic rings. The molecule has 0 atom stereocenters. The average molecular weight is 227 g/mol. The fourth-order valence-corrected chi connectivity index (χ4v) is 1.08. The van der Waals surface area contributed by atoms with E-state index in [1.807, 2.05) is 0 Å². The van der Waals surface area contributed by atoms with E-state index in [1.165, 1.54) is 0 Å². The average Bonchev–Trinajstić information content (AvgIpc) is 2.23. The molecule has 0 fully saturated rings. The first-order valence-corrected chi connectivity index (χ1v) is 4.72. The van der Waals surface area contributed by atoms with E-state index in [4.69, 9.17) is 6.42 Å². The molecule has 1 rings (SSSR count). The first kappa shape index (κ1) is 12.6. The van der Waals surface area contributed by atoms with E-state index in [-0.39, 0.29) is 6.54 Å². The van der Waals surface area contributed by atoms with Gasteiger partial charge in [0.25, 0.3) is 0 Å². The van der Waals surface area contributed by atoms with Crippen LogP contribution in [0.25, 0.3) is 0 Å². The Bertz CT molecular complexity index is 409. The van der Waals surface area contributed by atoms with Crippen molar-refractivity contribution < 1.29 is 13.2 Å². The molecule has 1 N–H and O–H groups in total. The van der Waals surface area contributed by atoms with Crippen molar-refractivity contribution in [1.29, 1.82) is 0 Å². The highest BCUT2D eigenvalue weighted by Crippen LogP contribution is 2.14. The van der Waals surface area contributed by atoms with Gasteiger partial charge in [-0.2, -0.15) is 0 Å². The highest BCUT2D eigenvalue weighted by molar-refractivity contribution is 5.20. The van der Waals surface area contributed by atoms with Crippen LogP contribution in [0.3, 0.4) is 0 Å². The van der Waals surface area contributed by atoms with Crippen molar-refractivity contribution in [3.8, 4) is 12.3 Å². The summed E-state index contributed by atoms with van der Waals surface area (Å²) in [6.45, 7) is 3.68. The van der Waals surface area contributed by atoms with Crippen LogP contribution in [0.2, 0.25) is 0 Å². The second-order valence-corrected chi connectivity index (χ2v) is 4.00. The SMILES string of the molecule is C#CC(C)(C)NCc1cc(F)c(F)c(F)c1. The van der Waals surface area contributed by atoms with E-state index in [1.54, 1.807) is 13.8 Å². The molecular formula is C12H12F3N. The second-order valence-electron chi connectivity index (χ2n) is 4.00. The first-order valence-electron chi connectivity index (χ1n) is 4.72. The third-order valence-corrected chi connectivity index (χ3v) is 2.14. The van der Waals surface area contributed by atoms with Gasteiger partial charge in [0.2, 0.25) is 0 Å². The first-order chi connectivity index (χ1) is 7.35. The molecular weight excluding hydrogens is 215 g/mol. The lowest BCUT2D eigenvalue weighted by molar-refractivity contribution is 0.440. The van der Waals surface area contributed by atoms with Crippen molar-refractivity contribution in [2.45, 2.75) is 25.9 Å². The van der Waals surface area contributed by atoms with E-state index in [2.05, 4.69) is 11.2 Å². The molecule has 1 nitrogen and oxygen atoms in total. The molecule has 0 amide bonds. The number of hydrogen-bond donors (Lipinski definition) is 1. The van der Waals surface area contributed by atoms with Crippen molar-refractivity contribution in [3.63, 3.8) is 0 Å². The van der Waals surface area contributed by atoms with Crippen LogP contribution in [0.15, 0.2) is 12.1 Å². The minimum Gasteiger partial charge on any atom is -0.298 e. The summed E-state index contributed by atoms with van der Waals surface area (Å²) in [5.41, 5.74) is -0.277. The molecule has 0 aliphatic rings. The Hall–Kier alpha value is -1.47. The number of benzene rings is 1. The summed E-state index contributed by atoms with van der Waals surface area (Å²) in [7, 11) is 0. The van der Waals surface area contributed by atoms with Gasteiger partial charge in [-0.25, -0.2) is 13.2 Å². The number of nitrogens with one attached hydrogen (secondary N) is 1. The number of rotatable bonds is 3. The van der Waals surface area contributed by atoms with Crippen molar-refractivity contribution in [3.05, 3.63) is 35.1 Å². The molecule has 16 heavy (non-hydrogen) atoms. The predicted molar refractivity (Wildman–Crippen MR) is 56.1 cm³/mol. The van der Waals surface area contributed by atoms with Gasteiger partial charge < -0.3 is 0 Å². The summed E-state index contributed by atoms with van der Waals surface area (Å²) in [5, 5.41) is 2.91. The van der Waals surface area contributed by atoms with Gasteiger partial charge in [-0.3, -0.25) is 5.32 Å². The molecule has 0 spiro atoms. The van der Waals surface area contributed by atoms with Crippen molar-refractivity contribution in [2.75, 3.05) is 0 Å². The third kappa shape index (κ3) is 3.01. The van der Waals surface area contributed by atoms with Crippen LogP contribution in [0.4, 0.5) is 13.2 Å². The molecule has 0 saturated heterocycles. The van der Waals surface area contributed by atoms with E-state index >= 15 is 0 Å². The zero-order valence-corrected chi connectivity index (χ0v) is 9.07. The Kier molecular flexibility index (Phi) is 3.61. The third-order valence-electron chi connectivity index (χ3n) is 2.14. The Labute approximate surface area is 92.7 Å². The Morgan fingerprint density at radius 1 is 1.25 bits per heavy atom. The maximum Gasteiger partial charge on any atom is 0.194 e. The zero-order chi connectivity index (χ0) is 12.3. The maximum absolute atomic E-state index is 12.9. The van der Waals surface area contributed by atoms with Gasteiger partial charge in [-0.1, -0.05) is 5.92 Å². The topological polar surface area (TPSA) is 12.0 Å². The quantitative estimate of drug-likeness (QED) is 0.618. The molecule has 0 bridgehead atoms. The number of halogens is 3. The minimum absolute atomic E-state index is 0.172. The van der Waals surface area contributed by atoms with Gasteiger partial charge in [0.15, 0.2) is 17.5 Å². The van der Waals surface area contributed by atoms with Gasteiger partial charge in [0.05, 0.1) is 5.54 Å². The summed E-state index contributed by atoms with van der Waals surface area (Å²) in [6.07, 6.45) is 5.23. The van der Waals surface area contributed by atoms with Gasteiger partial charge >= 0.3 is 0 Å². The van der Waals surface area contributed by atoms with Crippen molar-refractivity contribution >= 4 is 0 Å². The molecule has 86 valence electrons. The van der Waals surface area contributed by atoms with Crippen LogP contribution < -0.4 is 5.32 Å². The molecule has 1 aromatic carbocycles. The second kappa shape index (κ2) is 4.58. The van der Waals surface area contributed by atoms with Crippen molar-refractivity contribution in [1.82, 2.24) is 5.32 Å². The smallest absolute Gasteiger partial charge is 0.194 e. The van der Waals surface area contributed by atoms with Crippen LogP contribution in [0.1, 0.15) is 19.4 Å². The Morgan fingerprint density at radius 2 is 1.75 bits per heavy atom. The Balaban J connectivity index is 2.81. The summed E-state index contributed by atoms with van der Waals surface area (Å²) in [5.74, 6) is -1.38. The van der Waals surface area contributed by atoms with E-state index < -0.39 is 23.0 Å². The highest BCUT2D eigenvalue weighted by Gasteiger charge is 2.14. The van der Waals surface area contributed by atoms with Crippen LogP contribution >= 0.6 is 0 Å². The van der Waals surface area contributed by atoms with Crippen molar-refractivity contribution in [2.24, 2.45) is 0 Å². The van der Waals surface area contributed by atoms with Gasteiger partial charge in [-0.05, 0) is 31.5 Å². The molecule has 0 aromatic heterocycles. The molecule has 0 unspecified atom stereocenters. The summed E-state index contributed by atoms with van der Waals surface area (Å²) in [4.78, 5) is 0. The van der Waals surface area contributed by atoms with Crippen LogP contribution in [-0.4, -0.2) is 5.54 Å². The standard InChI is InChI=1S/C12H12F3N/c1-4-12(2,3)16-7-8-5-9(13)11(15)10(14)6-8/h1,5-6,16H,7H2,2-3H3. The lowest BCUT2D eigenvalue weighted by Gasteiger charge is -2.19. The van der Waals surface area contributed by atoms with Crippen LogP contribution in [-0.2, 0) is 6.54 Å². The highest BCUT2D eigenvalue weighted by atomic mass is 19.2. The fourth-order valence-electron chi connectivity index (χ4n) is 1.08.